The molecule has 1 aromatic carbocycles. The van der Waals surface area contributed by atoms with Crippen molar-refractivity contribution in [1.82, 2.24) is 4.98 Å². The van der Waals surface area contributed by atoms with Crippen LogP contribution in [0.2, 0.25) is 5.02 Å². The molecule has 1 aliphatic rings. The number of nitrogens with one attached hydrogen (secondary N) is 1. The third-order valence-corrected chi connectivity index (χ3v) is 4.84. The number of pyridine rings is 1. The molecule has 0 atom stereocenters. The molecule has 0 spiro atoms. The summed E-state index contributed by atoms with van der Waals surface area (Å²) in [5.41, 5.74) is 3.71. The van der Waals surface area contributed by atoms with Crippen molar-refractivity contribution in [3.05, 3.63) is 50.6 Å². The van der Waals surface area contributed by atoms with Crippen LogP contribution in [0.4, 0.5) is 11.5 Å². The topological polar surface area (TPSA) is 48.7 Å². The maximum atomic E-state index is 9.33. The van der Waals surface area contributed by atoms with Crippen LogP contribution in [0.25, 0.3) is 0 Å². The molecule has 0 bridgehead atoms. The molecule has 1 heterocycles. The quantitative estimate of drug-likeness (QED) is 0.818. The van der Waals surface area contributed by atoms with Gasteiger partial charge in [-0.25, -0.2) is 4.98 Å². The number of fused-ring (bicyclic) bond motifs is 1. The summed E-state index contributed by atoms with van der Waals surface area (Å²) in [5.74, 6) is 0.608. The number of hydrogen-bond donors (Lipinski definition) is 1. The van der Waals surface area contributed by atoms with Gasteiger partial charge in [0.2, 0.25) is 0 Å². The van der Waals surface area contributed by atoms with E-state index in [1.54, 1.807) is 0 Å². The van der Waals surface area contributed by atoms with E-state index in [0.29, 0.717) is 16.4 Å². The van der Waals surface area contributed by atoms with Crippen molar-refractivity contribution >= 4 is 39.0 Å². The standard InChI is InChI=1S/C16H13BrClN3/c17-13-6-5-12(8-14(13)18)20-16-11(9-19)7-10-3-1-2-4-15(10)21-16/h5-8H,1-4H2,(H,20,21). The van der Waals surface area contributed by atoms with Gasteiger partial charge in [-0.1, -0.05) is 11.6 Å². The molecule has 0 aliphatic heterocycles. The molecule has 21 heavy (non-hydrogen) atoms. The normalized spacial score (nSPS) is 13.4. The van der Waals surface area contributed by atoms with E-state index in [0.717, 1.165) is 35.1 Å². The van der Waals surface area contributed by atoms with Gasteiger partial charge in [0.25, 0.3) is 0 Å². The monoisotopic (exact) mass is 361 g/mol. The minimum absolute atomic E-state index is 0.578. The van der Waals surface area contributed by atoms with Gasteiger partial charge in [-0.3, -0.25) is 0 Å². The molecule has 0 fully saturated rings. The van der Waals surface area contributed by atoms with Crippen LogP contribution < -0.4 is 5.32 Å². The highest BCUT2D eigenvalue weighted by atomic mass is 79.9. The third-order valence-electron chi connectivity index (χ3n) is 3.60. The fourth-order valence-corrected chi connectivity index (χ4v) is 2.95. The molecule has 3 nitrogen and oxygen atoms in total. The molecule has 0 saturated heterocycles. The van der Waals surface area contributed by atoms with Gasteiger partial charge in [-0.05, 0) is 71.4 Å². The maximum Gasteiger partial charge on any atom is 0.148 e. The van der Waals surface area contributed by atoms with E-state index in [1.165, 1.54) is 12.0 Å². The van der Waals surface area contributed by atoms with E-state index < -0.39 is 0 Å². The minimum atomic E-state index is 0.578. The summed E-state index contributed by atoms with van der Waals surface area (Å²) in [6, 6.07) is 9.77. The number of nitriles is 1. The third kappa shape index (κ3) is 3.04. The van der Waals surface area contributed by atoms with Crippen LogP contribution in [0.3, 0.4) is 0 Å². The first-order valence-corrected chi connectivity index (χ1v) is 7.99. The fraction of sp³-hybridized carbons (Fsp3) is 0.250. The van der Waals surface area contributed by atoms with Crippen molar-refractivity contribution < 1.29 is 0 Å². The van der Waals surface area contributed by atoms with Crippen LogP contribution in [-0.2, 0) is 12.8 Å². The van der Waals surface area contributed by atoms with Gasteiger partial charge in [-0.15, -0.1) is 0 Å². The van der Waals surface area contributed by atoms with E-state index in [4.69, 9.17) is 11.6 Å². The van der Waals surface area contributed by atoms with Crippen LogP contribution in [0.1, 0.15) is 29.7 Å². The molecule has 1 aromatic heterocycles. The second-order valence-electron chi connectivity index (χ2n) is 5.06. The van der Waals surface area contributed by atoms with Gasteiger partial charge in [0.15, 0.2) is 0 Å². The SMILES string of the molecule is N#Cc1cc2c(nc1Nc1ccc(Br)c(Cl)c1)CCCC2. The van der Waals surface area contributed by atoms with E-state index in [1.807, 2.05) is 24.3 Å². The van der Waals surface area contributed by atoms with Crippen LogP contribution in [0.15, 0.2) is 28.7 Å². The Morgan fingerprint density at radius 2 is 2.05 bits per heavy atom. The number of aryl methyl sites for hydroxylation is 2. The Hall–Kier alpha value is -1.57. The molecule has 1 N–H and O–H groups in total. The van der Waals surface area contributed by atoms with E-state index in [2.05, 4.69) is 32.3 Å². The smallest absolute Gasteiger partial charge is 0.148 e. The highest BCUT2D eigenvalue weighted by molar-refractivity contribution is 9.10. The summed E-state index contributed by atoms with van der Waals surface area (Å²) in [4.78, 5) is 4.64. The Labute approximate surface area is 137 Å². The zero-order valence-corrected chi connectivity index (χ0v) is 13.6. The van der Waals surface area contributed by atoms with Crippen molar-refractivity contribution in [3.8, 4) is 6.07 Å². The highest BCUT2D eigenvalue weighted by Gasteiger charge is 2.15. The first-order valence-electron chi connectivity index (χ1n) is 6.82. The summed E-state index contributed by atoms with van der Waals surface area (Å²) in [6.07, 6.45) is 4.34. The maximum absolute atomic E-state index is 9.33. The van der Waals surface area contributed by atoms with Gasteiger partial charge < -0.3 is 5.32 Å². The molecule has 5 heteroatoms. The average molecular weight is 363 g/mol. The Kier molecular flexibility index (Phi) is 4.14. The summed E-state index contributed by atoms with van der Waals surface area (Å²) in [6.45, 7) is 0. The van der Waals surface area contributed by atoms with Crippen molar-refractivity contribution in [3.63, 3.8) is 0 Å². The number of halogens is 2. The molecule has 2 aromatic rings. The van der Waals surface area contributed by atoms with Gasteiger partial charge in [0, 0.05) is 15.9 Å². The minimum Gasteiger partial charge on any atom is -0.339 e. The summed E-state index contributed by atoms with van der Waals surface area (Å²) >= 11 is 9.46. The van der Waals surface area contributed by atoms with Crippen molar-refractivity contribution in [1.29, 1.82) is 5.26 Å². The molecule has 0 unspecified atom stereocenters. The zero-order valence-electron chi connectivity index (χ0n) is 11.3. The average Bonchev–Trinajstić information content (AvgIpc) is 2.50. The Bertz CT molecular complexity index is 737. The molecule has 0 amide bonds. The predicted molar refractivity (Wildman–Crippen MR) is 88.0 cm³/mol. The number of anilines is 2. The molecule has 0 saturated carbocycles. The second kappa shape index (κ2) is 6.05. The first-order chi connectivity index (χ1) is 10.2. The number of hydrogen-bond acceptors (Lipinski definition) is 3. The van der Waals surface area contributed by atoms with Gasteiger partial charge >= 0.3 is 0 Å². The fourth-order valence-electron chi connectivity index (χ4n) is 2.52. The second-order valence-corrected chi connectivity index (χ2v) is 6.32. The molecular weight excluding hydrogens is 350 g/mol. The molecule has 106 valence electrons. The first kappa shape index (κ1) is 14.4. The lowest BCUT2D eigenvalue weighted by Gasteiger charge is -2.17. The van der Waals surface area contributed by atoms with Crippen molar-refractivity contribution in [2.45, 2.75) is 25.7 Å². The lowest BCUT2D eigenvalue weighted by atomic mass is 9.95. The van der Waals surface area contributed by atoms with Crippen LogP contribution in [0.5, 0.6) is 0 Å². The lowest BCUT2D eigenvalue weighted by molar-refractivity contribution is 0.668. The molecule has 3 rings (SSSR count). The van der Waals surface area contributed by atoms with Crippen molar-refractivity contribution in [2.75, 3.05) is 5.32 Å². The molecule has 0 radical (unpaired) electrons. The summed E-state index contributed by atoms with van der Waals surface area (Å²) < 4.78 is 0.841. The largest absolute Gasteiger partial charge is 0.339 e. The molecular formula is C16H13BrClN3. The Morgan fingerprint density at radius 1 is 1.24 bits per heavy atom. The zero-order chi connectivity index (χ0) is 14.8. The number of aromatic nitrogens is 1. The predicted octanol–water partition coefficient (Wildman–Crippen LogP) is 4.99. The Balaban J connectivity index is 1.97. The van der Waals surface area contributed by atoms with Crippen LogP contribution in [0, 0.1) is 11.3 Å². The van der Waals surface area contributed by atoms with Crippen LogP contribution >= 0.6 is 27.5 Å². The van der Waals surface area contributed by atoms with Gasteiger partial charge in [-0.2, -0.15) is 5.26 Å². The van der Waals surface area contributed by atoms with E-state index in [-0.39, 0.29) is 0 Å². The highest BCUT2D eigenvalue weighted by Crippen LogP contribution is 2.29. The number of rotatable bonds is 2. The van der Waals surface area contributed by atoms with E-state index >= 15 is 0 Å². The van der Waals surface area contributed by atoms with Gasteiger partial charge in [0.05, 0.1) is 10.6 Å². The van der Waals surface area contributed by atoms with Gasteiger partial charge in [0.1, 0.15) is 11.9 Å². The number of nitrogens with zero attached hydrogens (tertiary/aromatic N) is 2. The number of benzene rings is 1. The summed E-state index contributed by atoms with van der Waals surface area (Å²) in [7, 11) is 0. The van der Waals surface area contributed by atoms with E-state index in [9.17, 15) is 5.26 Å². The molecule has 1 aliphatic carbocycles. The Morgan fingerprint density at radius 3 is 2.81 bits per heavy atom. The summed E-state index contributed by atoms with van der Waals surface area (Å²) in [5, 5.41) is 13.2. The lowest BCUT2D eigenvalue weighted by Crippen LogP contribution is -2.08. The van der Waals surface area contributed by atoms with Crippen LogP contribution in [-0.4, -0.2) is 4.98 Å². The van der Waals surface area contributed by atoms with Crippen molar-refractivity contribution in [2.24, 2.45) is 0 Å².